The van der Waals surface area contributed by atoms with E-state index < -0.39 is 0 Å². The predicted octanol–water partition coefficient (Wildman–Crippen LogP) is 4.01. The summed E-state index contributed by atoms with van der Waals surface area (Å²) in [6.07, 6.45) is 20.9. The molecule has 0 spiro atoms. The van der Waals surface area contributed by atoms with Gasteiger partial charge in [0.25, 0.3) is 0 Å². The molecule has 1 unspecified atom stereocenters. The normalized spacial score (nSPS) is 24.7. The van der Waals surface area contributed by atoms with Crippen LogP contribution >= 0.6 is 0 Å². The molecule has 3 heteroatoms. The molecule has 2 rings (SSSR count). The highest BCUT2D eigenvalue weighted by Crippen LogP contribution is 2.13. The molecule has 2 aliphatic rings. The Morgan fingerprint density at radius 1 is 1.43 bits per heavy atom. The molecule has 0 aromatic heterocycles. The van der Waals surface area contributed by atoms with Gasteiger partial charge in [-0.25, -0.2) is 0 Å². The summed E-state index contributed by atoms with van der Waals surface area (Å²) in [6, 6.07) is 0. The van der Waals surface area contributed by atoms with Gasteiger partial charge in [-0.1, -0.05) is 36.5 Å². The number of allylic oxidation sites excluding steroid dienone is 9. The maximum atomic E-state index is 8.08. The second-order valence-electron chi connectivity index (χ2n) is 5.94. The van der Waals surface area contributed by atoms with Crippen LogP contribution in [0.4, 0.5) is 0 Å². The van der Waals surface area contributed by atoms with Crippen molar-refractivity contribution >= 4 is 5.71 Å². The van der Waals surface area contributed by atoms with E-state index in [1.807, 2.05) is 50.4 Å². The van der Waals surface area contributed by atoms with Crippen LogP contribution in [0.1, 0.15) is 26.7 Å². The van der Waals surface area contributed by atoms with Crippen LogP contribution in [0, 0.1) is 11.3 Å². The topological polar surface area (TPSA) is 47.9 Å². The quantitative estimate of drug-likeness (QED) is 0.672. The van der Waals surface area contributed by atoms with Crippen molar-refractivity contribution in [2.45, 2.75) is 26.7 Å². The SMILES string of the molecule is C\C=C/C(=C\C=C\C1CCCNC1)N/C=C1/C=CC=C(C)C1=N. The van der Waals surface area contributed by atoms with E-state index in [4.69, 9.17) is 5.41 Å². The first-order valence-corrected chi connectivity index (χ1v) is 8.33. The van der Waals surface area contributed by atoms with Gasteiger partial charge in [-0.2, -0.15) is 0 Å². The predicted molar refractivity (Wildman–Crippen MR) is 99.5 cm³/mol. The molecular weight excluding hydrogens is 282 g/mol. The molecule has 1 fully saturated rings. The second kappa shape index (κ2) is 9.11. The fourth-order valence-electron chi connectivity index (χ4n) is 2.66. The van der Waals surface area contributed by atoms with Crippen molar-refractivity contribution in [3.63, 3.8) is 0 Å². The average molecular weight is 309 g/mol. The van der Waals surface area contributed by atoms with E-state index in [2.05, 4.69) is 28.9 Å². The Hall–Kier alpha value is -2.13. The molecule has 1 atom stereocenters. The summed E-state index contributed by atoms with van der Waals surface area (Å²) >= 11 is 0. The lowest BCUT2D eigenvalue weighted by atomic mass is 9.99. The summed E-state index contributed by atoms with van der Waals surface area (Å²) < 4.78 is 0. The summed E-state index contributed by atoms with van der Waals surface area (Å²) in [5.41, 5.74) is 3.49. The lowest BCUT2D eigenvalue weighted by molar-refractivity contribution is 0.438. The minimum absolute atomic E-state index is 0.573. The standard InChI is InChI=1S/C20H27N3/c1-3-7-19(12-5-9-17-10-6-13-22-14-17)23-15-18-11-4-8-16(2)20(18)21/h3-5,7-9,11-12,15,17,21-23H,6,10,13-14H2,1-2H3/b7-3-,9-5+,18-15-,19-12+,21-20?. The minimum Gasteiger partial charge on any atom is -0.361 e. The lowest BCUT2D eigenvalue weighted by Gasteiger charge is -2.19. The molecule has 0 amide bonds. The van der Waals surface area contributed by atoms with Crippen LogP contribution in [0.5, 0.6) is 0 Å². The van der Waals surface area contributed by atoms with Gasteiger partial charge in [0, 0.05) is 24.0 Å². The molecule has 0 bridgehead atoms. The number of piperidine rings is 1. The molecule has 0 saturated carbocycles. The van der Waals surface area contributed by atoms with Gasteiger partial charge in [-0.05, 0) is 56.9 Å². The van der Waals surface area contributed by atoms with Crippen molar-refractivity contribution in [1.82, 2.24) is 10.6 Å². The van der Waals surface area contributed by atoms with Gasteiger partial charge in [-0.3, -0.25) is 5.41 Å². The number of nitrogens with one attached hydrogen (secondary N) is 3. The maximum absolute atomic E-state index is 8.08. The second-order valence-corrected chi connectivity index (χ2v) is 5.94. The number of hydrogen-bond donors (Lipinski definition) is 3. The van der Waals surface area contributed by atoms with Crippen LogP contribution in [-0.2, 0) is 0 Å². The van der Waals surface area contributed by atoms with E-state index in [-0.39, 0.29) is 0 Å². The first-order valence-electron chi connectivity index (χ1n) is 8.33. The molecule has 0 aromatic carbocycles. The molecule has 0 radical (unpaired) electrons. The highest BCUT2D eigenvalue weighted by atomic mass is 14.9. The average Bonchev–Trinajstić information content (AvgIpc) is 2.57. The van der Waals surface area contributed by atoms with E-state index >= 15 is 0 Å². The van der Waals surface area contributed by atoms with Crippen molar-refractivity contribution in [3.05, 3.63) is 71.7 Å². The molecule has 3 nitrogen and oxygen atoms in total. The maximum Gasteiger partial charge on any atom is 0.0655 e. The Labute approximate surface area is 139 Å². The van der Waals surface area contributed by atoms with E-state index in [9.17, 15) is 0 Å². The zero-order valence-electron chi connectivity index (χ0n) is 14.1. The number of rotatable bonds is 5. The lowest BCUT2D eigenvalue weighted by Crippen LogP contribution is -2.28. The summed E-state index contributed by atoms with van der Waals surface area (Å²) in [7, 11) is 0. The molecule has 1 aliphatic heterocycles. The van der Waals surface area contributed by atoms with Gasteiger partial charge in [0.15, 0.2) is 0 Å². The smallest absolute Gasteiger partial charge is 0.0655 e. The van der Waals surface area contributed by atoms with Gasteiger partial charge in [0.1, 0.15) is 0 Å². The summed E-state index contributed by atoms with van der Waals surface area (Å²) in [5.74, 6) is 0.632. The third kappa shape index (κ3) is 5.53. The van der Waals surface area contributed by atoms with Crippen molar-refractivity contribution in [2.75, 3.05) is 13.1 Å². The van der Waals surface area contributed by atoms with E-state index in [0.717, 1.165) is 29.9 Å². The molecule has 23 heavy (non-hydrogen) atoms. The van der Waals surface area contributed by atoms with Gasteiger partial charge in [0.2, 0.25) is 0 Å². The Kier molecular flexibility index (Phi) is 6.82. The Morgan fingerprint density at radius 2 is 2.30 bits per heavy atom. The fourth-order valence-corrected chi connectivity index (χ4v) is 2.66. The Balaban J connectivity index is 1.99. The van der Waals surface area contributed by atoms with Crippen molar-refractivity contribution in [2.24, 2.45) is 5.92 Å². The fraction of sp³-hybridized carbons (Fsp3) is 0.350. The van der Waals surface area contributed by atoms with Crippen molar-refractivity contribution in [3.8, 4) is 0 Å². The molecule has 3 N–H and O–H groups in total. The first-order chi connectivity index (χ1) is 11.2. The molecule has 1 heterocycles. The molecule has 122 valence electrons. The molecule has 1 saturated heterocycles. The Bertz CT molecular complexity index is 594. The molecule has 0 aromatic rings. The van der Waals surface area contributed by atoms with Crippen LogP contribution in [0.15, 0.2) is 71.7 Å². The molecular formula is C20H27N3. The monoisotopic (exact) mass is 309 g/mol. The third-order valence-corrected chi connectivity index (χ3v) is 4.04. The van der Waals surface area contributed by atoms with Gasteiger partial charge in [-0.15, -0.1) is 0 Å². The van der Waals surface area contributed by atoms with Crippen LogP contribution < -0.4 is 10.6 Å². The zero-order chi connectivity index (χ0) is 16.5. The van der Waals surface area contributed by atoms with Crippen molar-refractivity contribution < 1.29 is 0 Å². The van der Waals surface area contributed by atoms with Crippen molar-refractivity contribution in [1.29, 1.82) is 5.41 Å². The highest BCUT2D eigenvalue weighted by Gasteiger charge is 2.08. The van der Waals surface area contributed by atoms with Gasteiger partial charge < -0.3 is 10.6 Å². The third-order valence-electron chi connectivity index (χ3n) is 4.04. The largest absolute Gasteiger partial charge is 0.361 e. The summed E-state index contributed by atoms with van der Waals surface area (Å²) in [6.45, 7) is 6.19. The Morgan fingerprint density at radius 3 is 3.04 bits per heavy atom. The van der Waals surface area contributed by atoms with E-state index in [1.165, 1.54) is 12.8 Å². The van der Waals surface area contributed by atoms with Crippen LogP contribution in [0.25, 0.3) is 0 Å². The number of hydrogen-bond acceptors (Lipinski definition) is 3. The van der Waals surface area contributed by atoms with Gasteiger partial charge in [0.05, 0.1) is 5.71 Å². The van der Waals surface area contributed by atoms with Crippen LogP contribution in [-0.4, -0.2) is 18.8 Å². The minimum atomic E-state index is 0.573. The first kappa shape index (κ1) is 17.2. The zero-order valence-corrected chi connectivity index (χ0v) is 14.1. The van der Waals surface area contributed by atoms with Gasteiger partial charge >= 0.3 is 0 Å². The summed E-state index contributed by atoms with van der Waals surface area (Å²) in [4.78, 5) is 0. The molecule has 1 aliphatic carbocycles. The van der Waals surface area contributed by atoms with E-state index in [1.54, 1.807) is 0 Å². The highest BCUT2D eigenvalue weighted by molar-refractivity contribution is 6.12. The van der Waals surface area contributed by atoms with Crippen LogP contribution in [0.2, 0.25) is 0 Å². The summed E-state index contributed by atoms with van der Waals surface area (Å²) in [5, 5.41) is 14.8. The van der Waals surface area contributed by atoms with E-state index in [0.29, 0.717) is 11.6 Å². The van der Waals surface area contributed by atoms with Crippen LogP contribution in [0.3, 0.4) is 0 Å².